The van der Waals surface area contributed by atoms with Crippen molar-refractivity contribution in [3.05, 3.63) is 154 Å². The Morgan fingerprint density at radius 2 is 1.04 bits per heavy atom. The topological polar surface area (TPSA) is 236 Å². The van der Waals surface area contributed by atoms with Crippen LogP contribution in [-0.2, 0) is 61.7 Å². The molecule has 2 aliphatic carbocycles. The van der Waals surface area contributed by atoms with Gasteiger partial charge >= 0.3 is 6.09 Å². The third-order valence-corrected chi connectivity index (χ3v) is 17.5. The second-order valence-electron chi connectivity index (χ2n) is 24.3. The van der Waals surface area contributed by atoms with Gasteiger partial charge in [0.25, 0.3) is 11.8 Å². The van der Waals surface area contributed by atoms with Gasteiger partial charge in [0.1, 0.15) is 18.8 Å². The maximum Gasteiger partial charge on any atom is 0.407 e. The summed E-state index contributed by atoms with van der Waals surface area (Å²) in [6, 6.07) is 32.5. The summed E-state index contributed by atoms with van der Waals surface area (Å²) in [6.45, 7) is 19.7. The van der Waals surface area contributed by atoms with Gasteiger partial charge in [-0.2, -0.15) is 0 Å². The van der Waals surface area contributed by atoms with Gasteiger partial charge in [-0.15, -0.1) is 0 Å². The number of ether oxygens (including phenoxy) is 3. The van der Waals surface area contributed by atoms with Crippen molar-refractivity contribution in [3.63, 3.8) is 0 Å². The Morgan fingerprint density at radius 1 is 0.565 bits per heavy atom. The number of benzene rings is 5. The van der Waals surface area contributed by atoms with E-state index in [1.54, 1.807) is 39.0 Å². The lowest BCUT2D eigenvalue weighted by Crippen LogP contribution is -2.49. The highest BCUT2D eigenvalue weighted by Gasteiger charge is 2.41. The van der Waals surface area contributed by atoms with Crippen molar-refractivity contribution in [1.29, 1.82) is 0 Å². The Balaban J connectivity index is 1.11. The number of anilines is 2. The number of sulfonamides is 1. The number of rotatable bonds is 23. The highest BCUT2D eigenvalue weighted by molar-refractivity contribution is 7.90. The minimum atomic E-state index is -4.25. The summed E-state index contributed by atoms with van der Waals surface area (Å²) >= 11 is 0. The van der Waals surface area contributed by atoms with Gasteiger partial charge in [0, 0.05) is 36.9 Å². The molecule has 0 heterocycles. The van der Waals surface area contributed by atoms with Crippen molar-refractivity contribution in [2.75, 3.05) is 16.4 Å². The molecule has 5 aromatic carbocycles. The lowest BCUT2D eigenvalue weighted by Gasteiger charge is -2.39. The molecule has 0 aromatic heterocycles. The van der Waals surface area contributed by atoms with Gasteiger partial charge in [-0.05, 0) is 148 Å². The van der Waals surface area contributed by atoms with Crippen molar-refractivity contribution in [1.82, 2.24) is 20.7 Å². The molecule has 85 heavy (non-hydrogen) atoms. The van der Waals surface area contributed by atoms with Crippen molar-refractivity contribution >= 4 is 57.0 Å². The van der Waals surface area contributed by atoms with Crippen LogP contribution in [0.2, 0.25) is 0 Å². The summed E-state index contributed by atoms with van der Waals surface area (Å²) in [5, 5.41) is 15.3. The van der Waals surface area contributed by atoms with Crippen LogP contribution in [0.4, 0.5) is 16.2 Å². The molecule has 0 aliphatic heterocycles. The van der Waals surface area contributed by atoms with Gasteiger partial charge in [-0.3, -0.25) is 24.0 Å². The Labute approximate surface area is 502 Å². The van der Waals surface area contributed by atoms with Crippen LogP contribution in [-0.4, -0.2) is 67.5 Å². The number of aryl methyl sites for hydroxylation is 3. The van der Waals surface area contributed by atoms with Crippen LogP contribution < -0.4 is 40.8 Å². The van der Waals surface area contributed by atoms with E-state index in [2.05, 4.69) is 38.2 Å². The van der Waals surface area contributed by atoms with Crippen LogP contribution in [0.3, 0.4) is 0 Å². The zero-order chi connectivity index (χ0) is 61.6. The summed E-state index contributed by atoms with van der Waals surface area (Å²) in [5.74, 6) is -3.96. The number of hydrogen-bond acceptors (Lipinski definition) is 11. The monoisotopic (exact) mass is 1180 g/mol. The van der Waals surface area contributed by atoms with E-state index in [9.17, 15) is 37.2 Å². The number of alkyl carbamates (subject to hydrolysis) is 1. The van der Waals surface area contributed by atoms with E-state index in [-0.39, 0.29) is 108 Å². The number of amides is 6. The molecule has 2 saturated carbocycles. The number of carbonyl (C=O) groups is 6. The average molecular weight is 1180 g/mol. The molecule has 0 radical (unpaired) electrons. The van der Waals surface area contributed by atoms with Crippen molar-refractivity contribution < 1.29 is 51.4 Å². The molecular formula is C67H86N6O11S. The van der Waals surface area contributed by atoms with E-state index in [0.29, 0.717) is 49.9 Å². The van der Waals surface area contributed by atoms with E-state index >= 15 is 0 Å². The fourth-order valence-corrected chi connectivity index (χ4v) is 12.4. The predicted octanol–water partition coefficient (Wildman–Crippen LogP) is 11.4. The van der Waals surface area contributed by atoms with Crippen LogP contribution in [0, 0.1) is 42.4 Å². The first-order chi connectivity index (χ1) is 40.4. The Kier molecular flexibility index (Phi) is 22.4. The fraction of sp³-hybridized carbons (Fsp3) is 0.463. The minimum Gasteiger partial charge on any atom is -0.486 e. The molecule has 18 heteroatoms. The Morgan fingerprint density at radius 3 is 1.51 bits per heavy atom. The van der Waals surface area contributed by atoms with Crippen molar-refractivity contribution in [2.24, 2.45) is 35.5 Å². The first kappa shape index (κ1) is 64.8. The van der Waals surface area contributed by atoms with Gasteiger partial charge in [-0.1, -0.05) is 132 Å². The molecule has 17 nitrogen and oxygen atoms in total. The SMILES string of the molecule is CCc1cc(NC(=O)[C@H]2C[C@@H](NC(=O)OC(C)(C)C)[C@H](C)C[C@@H]2C)c(OCc2ccccc2)c(C(=O)N[C@H]2C[C@@H](C(=O)Nc3cc(CC)cc(C(=O)NS(=O)(=O)CCCC(=O)NCc4ccc(C)cc4)c3OCc3ccccc3)[C@H](C)C[C@@H]2C)c1. The van der Waals surface area contributed by atoms with E-state index in [0.717, 1.165) is 27.8 Å². The summed E-state index contributed by atoms with van der Waals surface area (Å²) in [7, 11) is -4.25. The molecule has 456 valence electrons. The molecule has 2 fully saturated rings. The second kappa shape index (κ2) is 29.4. The lowest BCUT2D eigenvalue weighted by atomic mass is 9.72. The Bertz CT molecular complexity index is 3260. The van der Waals surface area contributed by atoms with Crippen molar-refractivity contribution in [3.8, 4) is 11.5 Å². The van der Waals surface area contributed by atoms with Gasteiger partial charge in [0.15, 0.2) is 11.5 Å². The predicted molar refractivity (Wildman–Crippen MR) is 330 cm³/mol. The number of hydrogen-bond donors (Lipinski definition) is 6. The number of carbonyl (C=O) groups excluding carboxylic acids is 6. The van der Waals surface area contributed by atoms with Gasteiger partial charge in [0.05, 0.1) is 28.3 Å². The van der Waals surface area contributed by atoms with E-state index in [1.165, 1.54) is 0 Å². The van der Waals surface area contributed by atoms with E-state index < -0.39 is 57.2 Å². The van der Waals surface area contributed by atoms with Crippen LogP contribution >= 0.6 is 0 Å². The third-order valence-electron chi connectivity index (χ3n) is 16.2. The molecule has 6 N–H and O–H groups in total. The summed E-state index contributed by atoms with van der Waals surface area (Å²) in [4.78, 5) is 84.2. The lowest BCUT2D eigenvalue weighted by molar-refractivity contribution is -0.123. The standard InChI is InChI=1S/C67H86N6O11S/c1-11-46-32-53(60(82-39-49-20-15-13-16-21-49)57(34-46)70-63(76)52-37-56(45(7)31-43(52)5)72-66(79)84-67(8,9)10)64(77)69-55-36-51(42(4)30-44(55)6)62(75)71-58-35-47(12-2)33-54(61(58)83-40-50-22-17-14-18-23-50)65(78)73-85(80,81)29-19-24-59(74)68-38-48-27-25-41(3)26-28-48/h13-18,20-23,25-28,32-35,42-45,51-52,55-56H,11-12,19,24,29-31,36-40H2,1-10H3,(H,68,74)(H,69,77)(H,70,76)(H,71,75)(H,72,79)(H,73,78)/t42-,43+,44+,45-,51-,52+,55+,56-/m1/s1. The highest BCUT2D eigenvalue weighted by Crippen LogP contribution is 2.40. The van der Waals surface area contributed by atoms with Crippen LogP contribution in [0.15, 0.2) is 109 Å². The normalized spacial score (nSPS) is 20.4. The quantitative estimate of drug-likeness (QED) is 0.0360. The molecule has 0 saturated heterocycles. The van der Waals surface area contributed by atoms with Crippen LogP contribution in [0.25, 0.3) is 0 Å². The third kappa shape index (κ3) is 18.6. The molecule has 0 bridgehead atoms. The summed E-state index contributed by atoms with van der Waals surface area (Å²) in [6.07, 6.45) is 2.20. The summed E-state index contributed by atoms with van der Waals surface area (Å²) in [5.41, 5.74) is 4.96. The first-order valence-electron chi connectivity index (χ1n) is 29.8. The maximum atomic E-state index is 15.0. The van der Waals surface area contributed by atoms with Gasteiger partial charge in [-0.25, -0.2) is 17.9 Å². The molecule has 8 atom stereocenters. The molecule has 0 spiro atoms. The largest absolute Gasteiger partial charge is 0.486 e. The second-order valence-corrected chi connectivity index (χ2v) is 26.1. The molecule has 7 rings (SSSR count). The van der Waals surface area contributed by atoms with Gasteiger partial charge in [0.2, 0.25) is 27.7 Å². The van der Waals surface area contributed by atoms with Gasteiger partial charge < -0.3 is 40.8 Å². The van der Waals surface area contributed by atoms with E-state index in [4.69, 9.17) is 14.2 Å². The van der Waals surface area contributed by atoms with Crippen molar-refractivity contribution in [2.45, 2.75) is 158 Å². The average Bonchev–Trinajstić information content (AvgIpc) is 2.48. The zero-order valence-electron chi connectivity index (χ0n) is 50.9. The molecule has 5 aromatic rings. The summed E-state index contributed by atoms with van der Waals surface area (Å²) < 4.78 is 47.7. The smallest absolute Gasteiger partial charge is 0.407 e. The molecule has 2 aliphatic rings. The molecule has 0 unspecified atom stereocenters. The highest BCUT2D eigenvalue weighted by atomic mass is 32.2. The fourth-order valence-electron chi connectivity index (χ4n) is 11.3. The van der Waals surface area contributed by atoms with Crippen LogP contribution in [0.5, 0.6) is 11.5 Å². The zero-order valence-corrected chi connectivity index (χ0v) is 51.7. The van der Waals surface area contributed by atoms with Crippen LogP contribution in [0.1, 0.15) is 155 Å². The molecule has 6 amide bonds. The Hall–Kier alpha value is -7.73. The first-order valence-corrected chi connectivity index (χ1v) is 31.5. The minimum absolute atomic E-state index is 0.0141. The maximum absolute atomic E-state index is 15.0. The molecular weight excluding hydrogens is 1100 g/mol. The number of nitrogens with one attached hydrogen (secondary N) is 6. The van der Waals surface area contributed by atoms with E-state index in [1.807, 2.05) is 133 Å².